The Morgan fingerprint density at radius 3 is 2.79 bits per heavy atom. The fraction of sp³-hybridized carbons (Fsp3) is 0.190. The molecule has 4 nitrogen and oxygen atoms in total. The van der Waals surface area contributed by atoms with Crippen LogP contribution in [-0.2, 0) is 19.5 Å². The maximum Gasteiger partial charge on any atom is 0.169 e. The molecule has 1 aromatic carbocycles. The van der Waals surface area contributed by atoms with Crippen molar-refractivity contribution >= 4 is 34.3 Å². The molecule has 28 heavy (non-hydrogen) atoms. The summed E-state index contributed by atoms with van der Waals surface area (Å²) in [7, 11) is 0. The molecule has 0 radical (unpaired) electrons. The molecular formula is C21H17ClN4S2. The largest absolute Gasteiger partial charge is 0.293 e. The summed E-state index contributed by atoms with van der Waals surface area (Å²) in [6.07, 6.45) is 4.94. The molecular weight excluding hydrogens is 408 g/mol. The average Bonchev–Trinajstić information content (AvgIpc) is 3.41. The van der Waals surface area contributed by atoms with Crippen LogP contribution in [0.15, 0.2) is 54.2 Å². The molecule has 0 atom stereocenters. The fourth-order valence-corrected chi connectivity index (χ4v) is 5.11. The van der Waals surface area contributed by atoms with E-state index in [-0.39, 0.29) is 0 Å². The van der Waals surface area contributed by atoms with Crippen LogP contribution in [0, 0.1) is 0 Å². The maximum absolute atomic E-state index is 5.98. The van der Waals surface area contributed by atoms with Crippen LogP contribution in [0.25, 0.3) is 21.3 Å². The second-order valence-electron chi connectivity index (χ2n) is 6.74. The van der Waals surface area contributed by atoms with Gasteiger partial charge in [-0.3, -0.25) is 4.90 Å². The number of aromatic nitrogens is 3. The molecule has 1 aliphatic heterocycles. The first kappa shape index (κ1) is 17.9. The number of hydrogen-bond acceptors (Lipinski definition) is 6. The summed E-state index contributed by atoms with van der Waals surface area (Å²) < 4.78 is 0. The first-order chi connectivity index (χ1) is 13.7. The third-order valence-corrected chi connectivity index (χ3v) is 6.93. The van der Waals surface area contributed by atoms with E-state index < -0.39 is 0 Å². The fourth-order valence-electron chi connectivity index (χ4n) is 3.36. The van der Waals surface area contributed by atoms with Crippen LogP contribution in [0.2, 0.25) is 5.02 Å². The van der Waals surface area contributed by atoms with Gasteiger partial charge in [-0.2, -0.15) is 0 Å². The molecule has 7 heteroatoms. The molecule has 0 saturated carbocycles. The lowest BCUT2D eigenvalue weighted by Crippen LogP contribution is -2.30. The smallest absolute Gasteiger partial charge is 0.169 e. The molecule has 0 saturated heterocycles. The molecule has 1 aliphatic rings. The van der Waals surface area contributed by atoms with Gasteiger partial charge in [0.25, 0.3) is 0 Å². The Morgan fingerprint density at radius 2 is 1.96 bits per heavy atom. The van der Waals surface area contributed by atoms with E-state index in [1.807, 2.05) is 42.7 Å². The summed E-state index contributed by atoms with van der Waals surface area (Å²) in [5, 5.41) is 3.85. The highest BCUT2D eigenvalue weighted by atomic mass is 35.5. The van der Waals surface area contributed by atoms with Crippen molar-refractivity contribution in [2.75, 3.05) is 6.54 Å². The van der Waals surface area contributed by atoms with Crippen LogP contribution in [0.5, 0.6) is 0 Å². The molecule has 0 spiro atoms. The van der Waals surface area contributed by atoms with E-state index in [1.54, 1.807) is 22.7 Å². The van der Waals surface area contributed by atoms with E-state index in [1.165, 1.54) is 16.1 Å². The predicted molar refractivity (Wildman–Crippen MR) is 116 cm³/mol. The van der Waals surface area contributed by atoms with Crippen LogP contribution in [-0.4, -0.2) is 26.4 Å². The van der Waals surface area contributed by atoms with Gasteiger partial charge in [0, 0.05) is 59.5 Å². The van der Waals surface area contributed by atoms with Crippen LogP contribution in [0.1, 0.15) is 16.1 Å². The zero-order valence-corrected chi connectivity index (χ0v) is 17.4. The summed E-state index contributed by atoms with van der Waals surface area (Å²) >= 11 is 9.40. The predicted octanol–water partition coefficient (Wildman–Crippen LogP) is 5.54. The normalized spacial score (nSPS) is 14.2. The van der Waals surface area contributed by atoms with Gasteiger partial charge in [-0.25, -0.2) is 15.0 Å². The molecule has 3 aromatic heterocycles. The Hall–Kier alpha value is -2.12. The van der Waals surface area contributed by atoms with Crippen molar-refractivity contribution in [3.8, 4) is 21.3 Å². The highest BCUT2D eigenvalue weighted by Gasteiger charge is 2.20. The SMILES string of the molecule is Clc1ccc(-c2ncc(CN3CCc4nc(-c5cccs5)ncc4C3)s2)cc1. The zero-order valence-electron chi connectivity index (χ0n) is 15.0. The average molecular weight is 425 g/mol. The summed E-state index contributed by atoms with van der Waals surface area (Å²) in [5.41, 5.74) is 3.52. The third kappa shape index (κ3) is 3.73. The molecule has 0 amide bonds. The van der Waals surface area contributed by atoms with Crippen molar-refractivity contribution in [3.63, 3.8) is 0 Å². The molecule has 0 fully saturated rings. The van der Waals surface area contributed by atoms with Gasteiger partial charge in [0.2, 0.25) is 0 Å². The van der Waals surface area contributed by atoms with E-state index in [0.29, 0.717) is 0 Å². The van der Waals surface area contributed by atoms with Crippen LogP contribution in [0.4, 0.5) is 0 Å². The molecule has 140 valence electrons. The summed E-state index contributed by atoms with van der Waals surface area (Å²) in [5.74, 6) is 0.845. The lowest BCUT2D eigenvalue weighted by atomic mass is 10.1. The summed E-state index contributed by atoms with van der Waals surface area (Å²) in [4.78, 5) is 18.8. The number of nitrogens with zero attached hydrogens (tertiary/aromatic N) is 4. The lowest BCUT2D eigenvalue weighted by molar-refractivity contribution is 0.245. The number of thiazole rings is 1. The number of benzene rings is 1. The minimum atomic E-state index is 0.747. The first-order valence-corrected chi connectivity index (χ1v) is 11.1. The highest BCUT2D eigenvalue weighted by molar-refractivity contribution is 7.15. The third-order valence-electron chi connectivity index (χ3n) is 4.78. The van der Waals surface area contributed by atoms with Crippen molar-refractivity contribution in [3.05, 3.63) is 75.3 Å². The lowest BCUT2D eigenvalue weighted by Gasteiger charge is -2.27. The van der Waals surface area contributed by atoms with E-state index in [4.69, 9.17) is 16.6 Å². The van der Waals surface area contributed by atoms with Crippen molar-refractivity contribution in [1.29, 1.82) is 0 Å². The van der Waals surface area contributed by atoms with Gasteiger partial charge in [-0.15, -0.1) is 22.7 Å². The van der Waals surface area contributed by atoms with Gasteiger partial charge in [0.05, 0.1) is 10.6 Å². The Labute approximate surface area is 176 Å². The van der Waals surface area contributed by atoms with Crippen LogP contribution < -0.4 is 0 Å². The van der Waals surface area contributed by atoms with Gasteiger partial charge in [-0.05, 0) is 23.6 Å². The first-order valence-electron chi connectivity index (χ1n) is 9.06. The van der Waals surface area contributed by atoms with E-state index in [0.717, 1.165) is 52.4 Å². The molecule has 0 N–H and O–H groups in total. The second-order valence-corrected chi connectivity index (χ2v) is 9.24. The molecule has 5 rings (SSSR count). The summed E-state index contributed by atoms with van der Waals surface area (Å²) in [6.45, 7) is 2.79. The number of fused-ring (bicyclic) bond motifs is 1. The maximum atomic E-state index is 5.98. The van der Waals surface area contributed by atoms with Crippen LogP contribution >= 0.6 is 34.3 Å². The minimum Gasteiger partial charge on any atom is -0.293 e. The Kier molecular flexibility index (Phi) is 4.94. The Morgan fingerprint density at radius 1 is 1.07 bits per heavy atom. The van der Waals surface area contributed by atoms with Crippen molar-refractivity contribution in [1.82, 2.24) is 19.9 Å². The monoisotopic (exact) mass is 424 g/mol. The van der Waals surface area contributed by atoms with Crippen molar-refractivity contribution < 1.29 is 0 Å². The number of thiophene rings is 1. The van der Waals surface area contributed by atoms with E-state index in [9.17, 15) is 0 Å². The van der Waals surface area contributed by atoms with Gasteiger partial charge in [0.1, 0.15) is 5.01 Å². The van der Waals surface area contributed by atoms with E-state index >= 15 is 0 Å². The highest BCUT2D eigenvalue weighted by Crippen LogP contribution is 2.29. The Balaban J connectivity index is 1.29. The number of rotatable bonds is 4. The van der Waals surface area contributed by atoms with Crippen molar-refractivity contribution in [2.45, 2.75) is 19.5 Å². The minimum absolute atomic E-state index is 0.747. The molecule has 4 aromatic rings. The molecule has 0 unspecified atom stereocenters. The van der Waals surface area contributed by atoms with Gasteiger partial charge < -0.3 is 0 Å². The molecule has 4 heterocycles. The van der Waals surface area contributed by atoms with Gasteiger partial charge in [-0.1, -0.05) is 29.8 Å². The topological polar surface area (TPSA) is 41.9 Å². The zero-order chi connectivity index (χ0) is 18.9. The standard InChI is InChI=1S/C21H17ClN4S2/c22-16-5-3-14(4-6-16)21-24-11-17(28-21)13-26-8-7-18-15(12-26)10-23-20(25-18)19-2-1-9-27-19/h1-6,9-11H,7-8,12-13H2. The number of halogens is 1. The van der Waals surface area contributed by atoms with Gasteiger partial charge in [0.15, 0.2) is 5.82 Å². The quantitative estimate of drug-likeness (QED) is 0.431. The Bertz CT molecular complexity index is 1090. The molecule has 0 aliphatic carbocycles. The second kappa shape index (κ2) is 7.72. The summed E-state index contributed by atoms with van der Waals surface area (Å²) in [6, 6.07) is 12.0. The van der Waals surface area contributed by atoms with Gasteiger partial charge >= 0.3 is 0 Å². The van der Waals surface area contributed by atoms with Crippen LogP contribution in [0.3, 0.4) is 0 Å². The molecule has 0 bridgehead atoms. The van der Waals surface area contributed by atoms with Crippen molar-refractivity contribution in [2.24, 2.45) is 0 Å². The number of hydrogen-bond donors (Lipinski definition) is 0. The van der Waals surface area contributed by atoms with E-state index in [2.05, 4.69) is 26.3 Å².